The van der Waals surface area contributed by atoms with Gasteiger partial charge in [-0.15, -0.1) is 0 Å². The number of pyridine rings is 1. The van der Waals surface area contributed by atoms with Crippen LogP contribution in [0, 0.1) is 0 Å². The number of rotatable bonds is 6. The Morgan fingerprint density at radius 1 is 1.30 bits per heavy atom. The molecule has 4 nitrogen and oxygen atoms in total. The number of sulfone groups is 1. The van der Waals surface area contributed by atoms with E-state index in [0.717, 1.165) is 23.7 Å². The van der Waals surface area contributed by atoms with Gasteiger partial charge in [0.15, 0.2) is 9.84 Å². The molecule has 1 unspecified atom stereocenters. The van der Waals surface area contributed by atoms with E-state index in [2.05, 4.69) is 4.98 Å². The smallest absolute Gasteiger partial charge is 0.156 e. The Bertz CT molecular complexity index is 683. The summed E-state index contributed by atoms with van der Waals surface area (Å²) in [6.45, 7) is 2.00. The minimum Gasteiger partial charge on any atom is -0.327 e. The van der Waals surface area contributed by atoms with E-state index in [1.165, 1.54) is 0 Å². The van der Waals surface area contributed by atoms with Crippen LogP contribution >= 0.6 is 0 Å². The Balaban J connectivity index is 2.14. The van der Waals surface area contributed by atoms with E-state index < -0.39 is 9.84 Å². The molecule has 0 radical (unpaired) electrons. The lowest BCUT2D eigenvalue weighted by molar-refractivity contribution is 0.576. The predicted octanol–water partition coefficient (Wildman–Crippen LogP) is 2.28. The summed E-state index contributed by atoms with van der Waals surface area (Å²) in [5.74, 6) is 0.0376. The molecule has 0 aliphatic carbocycles. The minimum absolute atomic E-state index is 0.00223. The van der Waals surface area contributed by atoms with E-state index >= 15 is 0 Å². The molecule has 108 valence electrons. The first-order valence-corrected chi connectivity index (χ1v) is 8.62. The third kappa shape index (κ3) is 4.02. The van der Waals surface area contributed by atoms with Gasteiger partial charge in [-0.25, -0.2) is 8.42 Å². The minimum atomic E-state index is -3.19. The maximum Gasteiger partial charge on any atom is 0.156 e. The van der Waals surface area contributed by atoms with Crippen molar-refractivity contribution in [1.29, 1.82) is 0 Å². The van der Waals surface area contributed by atoms with Crippen molar-refractivity contribution in [2.45, 2.75) is 31.6 Å². The lowest BCUT2D eigenvalue weighted by atomic mass is 10.2. The summed E-state index contributed by atoms with van der Waals surface area (Å²) in [4.78, 5) is 4.29. The molecule has 0 aliphatic rings. The first-order chi connectivity index (χ1) is 9.50. The van der Waals surface area contributed by atoms with Gasteiger partial charge in [0.2, 0.25) is 0 Å². The Morgan fingerprint density at radius 2 is 2.05 bits per heavy atom. The fourth-order valence-electron chi connectivity index (χ4n) is 2.29. The van der Waals surface area contributed by atoms with Gasteiger partial charge in [-0.3, -0.25) is 4.98 Å². The van der Waals surface area contributed by atoms with Crippen molar-refractivity contribution in [2.75, 3.05) is 5.75 Å². The molecule has 0 fully saturated rings. The highest BCUT2D eigenvalue weighted by Crippen LogP contribution is 2.15. The fourth-order valence-corrected chi connectivity index (χ4v) is 3.89. The number of aromatic nitrogens is 1. The second-order valence-electron chi connectivity index (χ2n) is 5.14. The van der Waals surface area contributed by atoms with Crippen LogP contribution in [0.2, 0.25) is 0 Å². The first kappa shape index (κ1) is 14.9. The van der Waals surface area contributed by atoms with Gasteiger partial charge in [-0.05, 0) is 24.1 Å². The molecule has 2 aromatic rings. The topological polar surface area (TPSA) is 73.1 Å². The molecule has 0 spiro atoms. The van der Waals surface area contributed by atoms with Gasteiger partial charge in [0.25, 0.3) is 0 Å². The maximum absolute atomic E-state index is 12.1. The highest BCUT2D eigenvalue weighted by atomic mass is 32.2. The van der Waals surface area contributed by atoms with E-state index in [0.29, 0.717) is 5.56 Å². The number of nitrogens with two attached hydrogens (primary N) is 1. The zero-order chi connectivity index (χ0) is 14.6. The molecule has 0 aliphatic heterocycles. The zero-order valence-corrected chi connectivity index (χ0v) is 12.4. The molecule has 2 N–H and O–H groups in total. The molecule has 0 saturated heterocycles. The van der Waals surface area contributed by atoms with Gasteiger partial charge in [0.05, 0.1) is 17.0 Å². The summed E-state index contributed by atoms with van der Waals surface area (Å²) in [7, 11) is -3.19. The normalized spacial score (nSPS) is 13.5. The van der Waals surface area contributed by atoms with Crippen molar-refractivity contribution in [1.82, 2.24) is 4.98 Å². The molecular weight excluding hydrogens is 272 g/mol. The second kappa shape index (κ2) is 6.33. The van der Waals surface area contributed by atoms with Gasteiger partial charge >= 0.3 is 0 Å². The van der Waals surface area contributed by atoms with Crippen LogP contribution in [0.25, 0.3) is 10.9 Å². The van der Waals surface area contributed by atoms with Crippen molar-refractivity contribution in [3.05, 3.63) is 42.1 Å². The summed E-state index contributed by atoms with van der Waals surface area (Å²) in [6.07, 6.45) is 3.26. The second-order valence-corrected chi connectivity index (χ2v) is 7.25. The Hall–Kier alpha value is -1.46. The van der Waals surface area contributed by atoms with E-state index in [1.807, 2.05) is 37.3 Å². The molecule has 5 heteroatoms. The van der Waals surface area contributed by atoms with Crippen molar-refractivity contribution in [3.8, 4) is 0 Å². The van der Waals surface area contributed by atoms with Crippen LogP contribution in [-0.4, -0.2) is 25.2 Å². The lowest BCUT2D eigenvalue weighted by Crippen LogP contribution is -2.30. The zero-order valence-electron chi connectivity index (χ0n) is 11.6. The third-order valence-corrected chi connectivity index (χ3v) is 4.87. The van der Waals surface area contributed by atoms with Gasteiger partial charge in [0.1, 0.15) is 0 Å². The number of benzene rings is 1. The summed E-state index contributed by atoms with van der Waals surface area (Å²) in [5.41, 5.74) is 7.41. The molecule has 1 aromatic heterocycles. The van der Waals surface area contributed by atoms with E-state index in [4.69, 9.17) is 5.73 Å². The number of hydrogen-bond donors (Lipinski definition) is 1. The van der Waals surface area contributed by atoms with E-state index in [1.54, 1.807) is 6.20 Å². The van der Waals surface area contributed by atoms with E-state index in [-0.39, 0.29) is 17.5 Å². The first-order valence-electron chi connectivity index (χ1n) is 6.80. The quantitative estimate of drug-likeness (QED) is 0.886. The molecule has 0 amide bonds. The summed E-state index contributed by atoms with van der Waals surface area (Å²) in [6, 6.07) is 9.27. The molecule has 20 heavy (non-hydrogen) atoms. The fraction of sp³-hybridized carbons (Fsp3) is 0.400. The molecule has 1 heterocycles. The predicted molar refractivity (Wildman–Crippen MR) is 82.1 cm³/mol. The van der Waals surface area contributed by atoms with Gasteiger partial charge in [0, 0.05) is 17.6 Å². The number of nitrogens with zero attached hydrogens (tertiary/aromatic N) is 1. The number of para-hydroxylation sites is 1. The van der Waals surface area contributed by atoms with Crippen LogP contribution in [0.5, 0.6) is 0 Å². The Kier molecular flexibility index (Phi) is 4.73. The van der Waals surface area contributed by atoms with Crippen LogP contribution in [0.15, 0.2) is 36.5 Å². The van der Waals surface area contributed by atoms with Gasteiger partial charge < -0.3 is 5.73 Å². The van der Waals surface area contributed by atoms with Crippen LogP contribution in [0.4, 0.5) is 0 Å². The monoisotopic (exact) mass is 292 g/mol. The van der Waals surface area contributed by atoms with Crippen LogP contribution < -0.4 is 5.73 Å². The van der Waals surface area contributed by atoms with Crippen molar-refractivity contribution in [3.63, 3.8) is 0 Å². The molecule has 0 saturated carbocycles. The molecule has 1 atom stereocenters. The van der Waals surface area contributed by atoms with Crippen LogP contribution in [0.1, 0.15) is 25.3 Å². The summed E-state index contributed by atoms with van der Waals surface area (Å²) in [5, 5.41) is 0.957. The average molecular weight is 292 g/mol. The summed E-state index contributed by atoms with van der Waals surface area (Å²) >= 11 is 0. The lowest BCUT2D eigenvalue weighted by Gasteiger charge is -2.11. The van der Waals surface area contributed by atoms with Gasteiger partial charge in [-0.1, -0.05) is 31.5 Å². The maximum atomic E-state index is 12.1. The largest absolute Gasteiger partial charge is 0.327 e. The Labute approximate surface area is 119 Å². The number of hydrogen-bond acceptors (Lipinski definition) is 4. The highest BCUT2D eigenvalue weighted by molar-refractivity contribution is 7.90. The van der Waals surface area contributed by atoms with Crippen molar-refractivity contribution >= 4 is 20.7 Å². The van der Waals surface area contributed by atoms with Gasteiger partial charge in [-0.2, -0.15) is 0 Å². The van der Waals surface area contributed by atoms with Crippen LogP contribution in [0.3, 0.4) is 0 Å². The molecule has 0 bridgehead atoms. The van der Waals surface area contributed by atoms with Crippen LogP contribution in [-0.2, 0) is 15.6 Å². The summed E-state index contributed by atoms with van der Waals surface area (Å²) < 4.78 is 24.2. The van der Waals surface area contributed by atoms with E-state index in [9.17, 15) is 8.42 Å². The average Bonchev–Trinajstić information content (AvgIpc) is 2.37. The molecule has 2 rings (SSSR count). The SMILES string of the molecule is CCCC(N)CS(=O)(=O)Cc1cnc2ccccc2c1. The Morgan fingerprint density at radius 3 is 2.80 bits per heavy atom. The van der Waals surface area contributed by atoms with Crippen molar-refractivity contribution < 1.29 is 8.42 Å². The molecule has 1 aromatic carbocycles. The van der Waals surface area contributed by atoms with Crippen molar-refractivity contribution in [2.24, 2.45) is 5.73 Å². The number of fused-ring (bicyclic) bond motifs is 1. The third-order valence-electron chi connectivity index (χ3n) is 3.16. The molecular formula is C15H20N2O2S. The highest BCUT2D eigenvalue weighted by Gasteiger charge is 2.17. The standard InChI is InChI=1S/C15H20N2O2S/c1-2-5-14(16)11-20(18,19)10-12-8-13-6-3-4-7-15(13)17-9-12/h3-4,6-9,14H,2,5,10-11,16H2,1H3.